The summed E-state index contributed by atoms with van der Waals surface area (Å²) in [5, 5.41) is 13.7. The number of hydrogen-bond donors (Lipinski definition) is 2. The van der Waals surface area contributed by atoms with Crippen molar-refractivity contribution >= 4 is 51.2 Å². The van der Waals surface area contributed by atoms with Crippen LogP contribution < -0.4 is 14.8 Å². The van der Waals surface area contributed by atoms with Gasteiger partial charge in [-0.25, -0.2) is 13.2 Å². The first kappa shape index (κ1) is 41.3. The number of nitrogens with zero attached hydrogens (tertiary/aromatic N) is 1. The summed E-state index contributed by atoms with van der Waals surface area (Å²) in [6, 6.07) is 15.5. The molecule has 0 unspecified atom stereocenters. The van der Waals surface area contributed by atoms with Crippen LogP contribution in [0.5, 0.6) is 11.5 Å². The number of ether oxygens (including phenoxy) is 6. The summed E-state index contributed by atoms with van der Waals surface area (Å²) in [7, 11) is -3.87. The molecule has 6 atom stereocenters. The van der Waals surface area contributed by atoms with Crippen LogP contribution in [0, 0.1) is 0 Å². The number of fused-ring (bicyclic) bond motifs is 1. The van der Waals surface area contributed by atoms with Crippen LogP contribution in [0.4, 0.5) is 5.69 Å². The van der Waals surface area contributed by atoms with Gasteiger partial charge >= 0.3 is 17.9 Å². The van der Waals surface area contributed by atoms with Crippen LogP contribution in [0.25, 0.3) is 0 Å². The number of hydrogen-bond acceptors (Lipinski definition) is 15. The maximum Gasteiger partial charge on any atom is 0.338 e. The van der Waals surface area contributed by atoms with E-state index in [0.29, 0.717) is 5.56 Å². The van der Waals surface area contributed by atoms with Crippen molar-refractivity contribution in [1.29, 1.82) is 0 Å². The normalized spacial score (nSPS) is 21.0. The van der Waals surface area contributed by atoms with E-state index >= 15 is 0 Å². The van der Waals surface area contributed by atoms with Crippen molar-refractivity contribution in [2.45, 2.75) is 71.0 Å². The Morgan fingerprint density at radius 1 is 0.893 bits per heavy atom. The van der Waals surface area contributed by atoms with E-state index in [1.807, 2.05) is 0 Å². The first-order valence-electron chi connectivity index (χ1n) is 17.3. The minimum Gasteiger partial charge on any atom is -0.490 e. The largest absolute Gasteiger partial charge is 0.490 e. The zero-order valence-corrected chi connectivity index (χ0v) is 31.8. The molecule has 56 heavy (non-hydrogen) atoms. The Morgan fingerprint density at radius 2 is 1.57 bits per heavy atom. The average Bonchev–Trinajstić information content (AvgIpc) is 3.38. The highest BCUT2D eigenvalue weighted by Gasteiger charge is 2.54. The van der Waals surface area contributed by atoms with Crippen molar-refractivity contribution in [2.24, 2.45) is 0 Å². The van der Waals surface area contributed by atoms with Gasteiger partial charge in [0, 0.05) is 27.0 Å². The van der Waals surface area contributed by atoms with Crippen LogP contribution in [-0.4, -0.2) is 103 Å². The summed E-state index contributed by atoms with van der Waals surface area (Å²) in [4.78, 5) is 78.0. The van der Waals surface area contributed by atoms with Crippen LogP contribution in [0.2, 0.25) is 0 Å². The van der Waals surface area contributed by atoms with Gasteiger partial charge in [0.25, 0.3) is 11.8 Å². The molecule has 1 fully saturated rings. The molecule has 0 aromatic heterocycles. The van der Waals surface area contributed by atoms with Crippen molar-refractivity contribution in [3.8, 4) is 11.5 Å². The molecule has 2 N–H and O–H groups in total. The van der Waals surface area contributed by atoms with Gasteiger partial charge in [-0.2, -0.15) is 0 Å². The molecule has 298 valence electrons. The number of anilines is 1. The van der Waals surface area contributed by atoms with Crippen LogP contribution in [0.1, 0.15) is 65.6 Å². The second kappa shape index (κ2) is 17.3. The molecule has 3 amide bonds. The third-order valence-electron chi connectivity index (χ3n) is 8.50. The zero-order valence-electron chi connectivity index (χ0n) is 31.0. The molecule has 2 aliphatic heterocycles. The fraction of sp³-hybridized carbons (Fsp3) is 0.368. The third-order valence-corrected chi connectivity index (χ3v) is 9.43. The van der Waals surface area contributed by atoms with Crippen molar-refractivity contribution in [1.82, 2.24) is 4.90 Å². The Bertz CT molecular complexity index is 2120. The summed E-state index contributed by atoms with van der Waals surface area (Å²) in [5.41, 5.74) is 0.666. The first-order chi connectivity index (χ1) is 26.5. The molecule has 3 aromatic rings. The highest BCUT2D eigenvalue weighted by molar-refractivity contribution is 7.90. The Kier molecular flexibility index (Phi) is 12.8. The number of nitrogens with one attached hydrogen (secondary N) is 1. The molecule has 3 aromatic carbocycles. The Hall–Kier alpha value is -5.85. The molecular formula is C38H40N2O15S. The van der Waals surface area contributed by atoms with Crippen LogP contribution >= 0.6 is 0 Å². The van der Waals surface area contributed by atoms with Crippen molar-refractivity contribution in [2.75, 3.05) is 23.9 Å². The zero-order chi connectivity index (χ0) is 40.9. The van der Waals surface area contributed by atoms with Gasteiger partial charge in [0.15, 0.2) is 23.7 Å². The van der Waals surface area contributed by atoms with E-state index < -0.39 is 88.0 Å². The van der Waals surface area contributed by atoms with Crippen molar-refractivity contribution < 1.29 is 70.7 Å². The maximum atomic E-state index is 13.9. The molecule has 0 saturated carbocycles. The molecule has 18 heteroatoms. The molecular weight excluding hydrogens is 756 g/mol. The predicted octanol–water partition coefficient (Wildman–Crippen LogP) is 2.50. The lowest BCUT2D eigenvalue weighted by Crippen LogP contribution is -2.63. The lowest BCUT2D eigenvalue weighted by Gasteiger charge is -2.42. The van der Waals surface area contributed by atoms with Crippen LogP contribution in [0.15, 0.2) is 66.7 Å². The second-order valence-electron chi connectivity index (χ2n) is 12.9. The lowest BCUT2D eigenvalue weighted by molar-refractivity contribution is -0.280. The molecule has 1 saturated heterocycles. The SMILES string of the molecule is CCOc1cc([C@@H](CS(C)(=O)=O)N2C(=O)c3cccc(NC(C)=O)c3C2=O)ccc1O[C@@H]1O[C@H](C(=O)OCc2ccccc2)[C@@H](O)[C@H](OC(C)=O)[C@H]1OC(C)=O. The van der Waals surface area contributed by atoms with Crippen molar-refractivity contribution in [3.63, 3.8) is 0 Å². The molecule has 2 aliphatic rings. The fourth-order valence-electron chi connectivity index (χ4n) is 6.28. The molecule has 0 bridgehead atoms. The van der Waals surface area contributed by atoms with Gasteiger partial charge < -0.3 is 38.8 Å². The highest BCUT2D eigenvalue weighted by atomic mass is 32.2. The van der Waals surface area contributed by atoms with Gasteiger partial charge in [0.05, 0.1) is 35.2 Å². The van der Waals surface area contributed by atoms with E-state index in [1.165, 1.54) is 43.3 Å². The van der Waals surface area contributed by atoms with Gasteiger partial charge in [-0.15, -0.1) is 0 Å². The van der Waals surface area contributed by atoms with E-state index in [9.17, 15) is 42.3 Å². The highest BCUT2D eigenvalue weighted by Crippen LogP contribution is 2.40. The topological polar surface area (TPSA) is 227 Å². The number of rotatable bonds is 14. The minimum atomic E-state index is -3.87. The monoisotopic (exact) mass is 796 g/mol. The second-order valence-corrected chi connectivity index (χ2v) is 15.1. The summed E-state index contributed by atoms with van der Waals surface area (Å²) in [6.45, 7) is 4.77. The minimum absolute atomic E-state index is 0.0196. The maximum absolute atomic E-state index is 13.9. The van der Waals surface area contributed by atoms with E-state index in [4.69, 9.17) is 28.4 Å². The number of carbonyl (C=O) groups is 6. The number of carbonyl (C=O) groups excluding carboxylic acids is 6. The Labute approximate surface area is 321 Å². The predicted molar refractivity (Wildman–Crippen MR) is 194 cm³/mol. The third kappa shape index (κ3) is 9.50. The van der Waals surface area contributed by atoms with Gasteiger partial charge in [0.1, 0.15) is 22.5 Å². The van der Waals surface area contributed by atoms with Crippen molar-refractivity contribution in [3.05, 3.63) is 89.0 Å². The average molecular weight is 797 g/mol. The number of aliphatic hydroxyl groups excluding tert-OH is 1. The lowest BCUT2D eigenvalue weighted by atomic mass is 9.98. The quantitative estimate of drug-likeness (QED) is 0.136. The number of benzene rings is 3. The smallest absolute Gasteiger partial charge is 0.338 e. The number of imide groups is 1. The van der Waals surface area contributed by atoms with Gasteiger partial charge in [-0.05, 0) is 42.3 Å². The van der Waals surface area contributed by atoms with E-state index in [2.05, 4.69) is 5.32 Å². The summed E-state index contributed by atoms with van der Waals surface area (Å²) in [6.07, 6.45) is -7.84. The number of sulfone groups is 1. The van der Waals surface area contributed by atoms with E-state index in [-0.39, 0.29) is 47.1 Å². The summed E-state index contributed by atoms with van der Waals surface area (Å²) in [5.74, 6) is -5.86. The van der Waals surface area contributed by atoms with Crippen LogP contribution in [-0.2, 0) is 54.6 Å². The van der Waals surface area contributed by atoms with E-state index in [0.717, 1.165) is 25.0 Å². The molecule has 5 rings (SSSR count). The number of aliphatic hydroxyl groups is 1. The fourth-order valence-corrected chi connectivity index (χ4v) is 7.19. The first-order valence-corrected chi connectivity index (χ1v) is 19.3. The molecule has 2 heterocycles. The Morgan fingerprint density at radius 3 is 2.20 bits per heavy atom. The summed E-state index contributed by atoms with van der Waals surface area (Å²) >= 11 is 0. The van der Waals surface area contributed by atoms with Gasteiger partial charge in [-0.3, -0.25) is 28.9 Å². The molecule has 0 aliphatic carbocycles. The number of esters is 3. The summed E-state index contributed by atoms with van der Waals surface area (Å²) < 4.78 is 59.5. The van der Waals surface area contributed by atoms with Gasteiger partial charge in [0.2, 0.25) is 18.3 Å². The Balaban J connectivity index is 1.52. The standard InChI is InChI=1S/C38H40N2O15S/c1-6-50-29-17-24(27(19-56(5,48)49)40-35(45)25-13-10-14-26(39-20(2)41)30(25)36(40)46)15-16-28(29)54-38-34(53-22(4)43)32(52-21(3)42)31(44)33(55-38)37(47)51-18-23-11-8-7-9-12-23/h7-17,27,31-34,38,44H,6,18-19H2,1-5H3,(H,39,41)/t27-,31+,32+,33+,34-,38-/m1/s1. The van der Waals surface area contributed by atoms with Gasteiger partial charge in [-0.1, -0.05) is 42.5 Å². The molecule has 0 radical (unpaired) electrons. The molecule has 0 spiro atoms. The van der Waals surface area contributed by atoms with Crippen LogP contribution in [0.3, 0.4) is 0 Å². The van der Waals surface area contributed by atoms with E-state index in [1.54, 1.807) is 37.3 Å². The number of amides is 3. The molecule has 17 nitrogen and oxygen atoms in total.